The highest BCUT2D eigenvalue weighted by Crippen LogP contribution is 2.40. The Labute approximate surface area is 151 Å². The molecule has 0 bridgehead atoms. The predicted molar refractivity (Wildman–Crippen MR) is 95.9 cm³/mol. The van der Waals surface area contributed by atoms with E-state index in [1.807, 2.05) is 24.3 Å². The summed E-state index contributed by atoms with van der Waals surface area (Å²) in [4.78, 5) is 12.4. The monoisotopic (exact) mass is 352 g/mol. The molecule has 1 aliphatic rings. The number of unbranched alkanes of at least 4 members (excludes halogenated alkanes) is 1. The van der Waals surface area contributed by atoms with Gasteiger partial charge in [0.1, 0.15) is 28.9 Å². The summed E-state index contributed by atoms with van der Waals surface area (Å²) in [5, 5.41) is 9.54. The van der Waals surface area contributed by atoms with Crippen LogP contribution in [0.3, 0.4) is 0 Å². The molecule has 3 rings (SSSR count). The molecule has 6 heteroatoms. The first kappa shape index (κ1) is 17.6. The van der Waals surface area contributed by atoms with Gasteiger partial charge in [0.2, 0.25) is 5.88 Å². The van der Waals surface area contributed by atoms with E-state index in [1.165, 1.54) is 0 Å². The molecule has 2 N–H and O–H groups in total. The normalized spacial score (nSPS) is 15.8. The lowest BCUT2D eigenvalue weighted by Crippen LogP contribution is -2.26. The summed E-state index contributed by atoms with van der Waals surface area (Å²) >= 11 is 0. The van der Waals surface area contributed by atoms with Crippen molar-refractivity contribution in [2.75, 3.05) is 6.61 Å². The van der Waals surface area contributed by atoms with Crippen LogP contribution in [-0.2, 0) is 0 Å². The number of nitrogens with zero attached hydrogens (tertiary/aromatic N) is 1. The Hall–Kier alpha value is -3.20. The first-order valence-corrected chi connectivity index (χ1v) is 8.50. The predicted octanol–water partition coefficient (Wildman–Crippen LogP) is 3.35. The van der Waals surface area contributed by atoms with Crippen molar-refractivity contribution in [2.24, 2.45) is 5.73 Å². The highest BCUT2D eigenvalue weighted by atomic mass is 16.5. The van der Waals surface area contributed by atoms with E-state index in [2.05, 4.69) is 13.0 Å². The van der Waals surface area contributed by atoms with Crippen molar-refractivity contribution < 1.29 is 13.9 Å². The Morgan fingerprint density at radius 1 is 1.31 bits per heavy atom. The van der Waals surface area contributed by atoms with Gasteiger partial charge in [0.25, 0.3) is 0 Å². The van der Waals surface area contributed by atoms with Crippen molar-refractivity contribution in [2.45, 2.75) is 32.6 Å². The molecule has 26 heavy (non-hydrogen) atoms. The second-order valence-corrected chi connectivity index (χ2v) is 6.12. The van der Waals surface area contributed by atoms with Gasteiger partial charge in [-0.05, 0) is 31.0 Å². The third-order valence-electron chi connectivity index (χ3n) is 4.24. The Morgan fingerprint density at radius 3 is 2.69 bits per heavy atom. The molecule has 0 amide bonds. The number of nitriles is 1. The van der Waals surface area contributed by atoms with Crippen LogP contribution < -0.4 is 20.8 Å². The molecule has 0 radical (unpaired) electrons. The second kappa shape index (κ2) is 7.36. The molecule has 1 atom stereocenters. The van der Waals surface area contributed by atoms with Gasteiger partial charge in [0.05, 0.1) is 18.1 Å². The van der Waals surface area contributed by atoms with Crippen LogP contribution in [0.25, 0.3) is 0 Å². The molecule has 1 aromatic heterocycles. The summed E-state index contributed by atoms with van der Waals surface area (Å²) < 4.78 is 16.4. The molecule has 6 nitrogen and oxygen atoms in total. The van der Waals surface area contributed by atoms with Crippen molar-refractivity contribution in [1.29, 1.82) is 5.26 Å². The van der Waals surface area contributed by atoms with E-state index >= 15 is 0 Å². The van der Waals surface area contributed by atoms with Gasteiger partial charge < -0.3 is 19.6 Å². The standard InChI is InChI=1S/C20H20N2O4/c1-3-4-9-24-14-7-5-13(6-8-14)17-15(11-21)19(22)26-16-10-12(2)25-20(23)18(16)17/h5-8,10,17H,3-4,9,22H2,1-2H3/t17-/m1/s1. The zero-order valence-electron chi connectivity index (χ0n) is 14.7. The van der Waals surface area contributed by atoms with Crippen LogP contribution in [0, 0.1) is 18.3 Å². The van der Waals surface area contributed by atoms with Crippen LogP contribution in [0.5, 0.6) is 11.5 Å². The quantitative estimate of drug-likeness (QED) is 0.829. The van der Waals surface area contributed by atoms with E-state index in [0.29, 0.717) is 18.1 Å². The van der Waals surface area contributed by atoms with Gasteiger partial charge in [-0.15, -0.1) is 0 Å². The van der Waals surface area contributed by atoms with Crippen LogP contribution in [0.1, 0.15) is 42.6 Å². The van der Waals surface area contributed by atoms with E-state index in [9.17, 15) is 10.1 Å². The minimum absolute atomic E-state index is 0.00160. The first-order chi connectivity index (χ1) is 12.5. The summed E-state index contributed by atoms with van der Waals surface area (Å²) in [5.41, 5.74) is 6.60. The van der Waals surface area contributed by atoms with Gasteiger partial charge in [-0.25, -0.2) is 4.79 Å². The molecule has 2 heterocycles. The van der Waals surface area contributed by atoms with E-state index in [-0.39, 0.29) is 17.0 Å². The van der Waals surface area contributed by atoms with Crippen molar-refractivity contribution in [3.63, 3.8) is 0 Å². The molecule has 0 aliphatic carbocycles. The molecule has 0 saturated heterocycles. The molecule has 0 saturated carbocycles. The maximum absolute atomic E-state index is 12.4. The number of hydrogen-bond donors (Lipinski definition) is 1. The van der Waals surface area contributed by atoms with Crippen LogP contribution in [0.2, 0.25) is 0 Å². The van der Waals surface area contributed by atoms with Crippen LogP contribution >= 0.6 is 0 Å². The van der Waals surface area contributed by atoms with Crippen molar-refractivity contribution in [3.8, 4) is 17.6 Å². The Morgan fingerprint density at radius 2 is 2.04 bits per heavy atom. The summed E-state index contributed by atoms with van der Waals surface area (Å²) in [6.07, 6.45) is 2.04. The number of benzene rings is 1. The van der Waals surface area contributed by atoms with Gasteiger partial charge in [0, 0.05) is 6.07 Å². The van der Waals surface area contributed by atoms with Crippen LogP contribution in [-0.4, -0.2) is 6.61 Å². The minimum Gasteiger partial charge on any atom is -0.494 e. The molecule has 2 aromatic rings. The van der Waals surface area contributed by atoms with E-state index in [1.54, 1.807) is 13.0 Å². The summed E-state index contributed by atoms with van der Waals surface area (Å²) in [6.45, 7) is 4.40. The van der Waals surface area contributed by atoms with E-state index < -0.39 is 11.5 Å². The Kier molecular flexibility index (Phi) is 4.99. The van der Waals surface area contributed by atoms with E-state index in [4.69, 9.17) is 19.6 Å². The number of ether oxygens (including phenoxy) is 2. The van der Waals surface area contributed by atoms with Gasteiger partial charge in [0.15, 0.2) is 0 Å². The largest absolute Gasteiger partial charge is 0.494 e. The molecule has 0 fully saturated rings. The lowest BCUT2D eigenvalue weighted by molar-refractivity contribution is 0.309. The highest BCUT2D eigenvalue weighted by Gasteiger charge is 2.34. The maximum atomic E-state index is 12.4. The first-order valence-electron chi connectivity index (χ1n) is 8.50. The molecule has 0 unspecified atom stereocenters. The number of rotatable bonds is 5. The van der Waals surface area contributed by atoms with Crippen molar-refractivity contribution in [3.05, 3.63) is 69.1 Å². The number of fused-ring (bicyclic) bond motifs is 1. The summed E-state index contributed by atoms with van der Waals surface area (Å²) in [6, 6.07) is 11.0. The molecule has 134 valence electrons. The van der Waals surface area contributed by atoms with Crippen molar-refractivity contribution >= 4 is 0 Å². The van der Waals surface area contributed by atoms with Gasteiger partial charge in [-0.1, -0.05) is 25.5 Å². The number of aryl methyl sites for hydroxylation is 1. The molecular weight excluding hydrogens is 332 g/mol. The smallest absolute Gasteiger partial charge is 0.343 e. The topological polar surface area (TPSA) is 98.5 Å². The maximum Gasteiger partial charge on any atom is 0.343 e. The minimum atomic E-state index is -0.634. The average Bonchev–Trinajstić information content (AvgIpc) is 2.61. The number of nitrogens with two attached hydrogens (primary N) is 1. The zero-order valence-corrected chi connectivity index (χ0v) is 14.7. The van der Waals surface area contributed by atoms with Crippen LogP contribution in [0.4, 0.5) is 0 Å². The number of hydrogen-bond acceptors (Lipinski definition) is 6. The van der Waals surface area contributed by atoms with E-state index in [0.717, 1.165) is 24.2 Å². The fraction of sp³-hybridized carbons (Fsp3) is 0.300. The SMILES string of the molecule is CCCCOc1ccc([C@@H]2C(C#N)=C(N)Oc3cc(C)oc(=O)c32)cc1. The third kappa shape index (κ3) is 3.29. The van der Waals surface area contributed by atoms with Gasteiger partial charge >= 0.3 is 5.63 Å². The lowest BCUT2D eigenvalue weighted by Gasteiger charge is -2.25. The Balaban J connectivity index is 2.03. The fourth-order valence-electron chi connectivity index (χ4n) is 2.94. The number of allylic oxidation sites excluding steroid dienone is 1. The zero-order chi connectivity index (χ0) is 18.7. The lowest BCUT2D eigenvalue weighted by atomic mass is 9.84. The third-order valence-corrected chi connectivity index (χ3v) is 4.24. The van der Waals surface area contributed by atoms with Gasteiger partial charge in [-0.3, -0.25) is 0 Å². The van der Waals surface area contributed by atoms with Gasteiger partial charge in [-0.2, -0.15) is 5.26 Å². The molecule has 1 aliphatic heterocycles. The summed E-state index contributed by atoms with van der Waals surface area (Å²) in [7, 11) is 0. The second-order valence-electron chi connectivity index (χ2n) is 6.12. The molecular formula is C20H20N2O4. The molecule has 1 aromatic carbocycles. The fourth-order valence-corrected chi connectivity index (χ4v) is 2.94. The molecule has 0 spiro atoms. The van der Waals surface area contributed by atoms with Crippen LogP contribution in [0.15, 0.2) is 51.0 Å². The average molecular weight is 352 g/mol. The Bertz CT molecular complexity index is 936. The summed E-state index contributed by atoms with van der Waals surface area (Å²) in [5.74, 6) is 0.841. The van der Waals surface area contributed by atoms with Crippen molar-refractivity contribution in [1.82, 2.24) is 0 Å². The highest BCUT2D eigenvalue weighted by molar-refractivity contribution is 5.54.